The molecule has 2 unspecified atom stereocenters. The van der Waals surface area contributed by atoms with Crippen LogP contribution in [0.5, 0.6) is 0 Å². The lowest BCUT2D eigenvalue weighted by Gasteiger charge is -2.07. The van der Waals surface area contributed by atoms with Crippen molar-refractivity contribution in [2.75, 3.05) is 0 Å². The highest BCUT2D eigenvalue weighted by Gasteiger charge is 2.64. The Morgan fingerprint density at radius 2 is 2.17 bits per heavy atom. The van der Waals surface area contributed by atoms with Crippen LogP contribution in [-0.2, 0) is 15.1 Å². The van der Waals surface area contributed by atoms with Crippen molar-refractivity contribution >= 4 is 5.91 Å². The molecule has 5 nitrogen and oxygen atoms in total. The summed E-state index contributed by atoms with van der Waals surface area (Å²) < 4.78 is 5.56. The number of rotatable bonds is 3. The Labute approximate surface area is 104 Å². The fourth-order valence-electron chi connectivity index (χ4n) is 2.08. The second-order valence-electron chi connectivity index (χ2n) is 4.10. The molecule has 0 bridgehead atoms. The number of aromatic nitrogens is 2. The first-order chi connectivity index (χ1) is 8.75. The van der Waals surface area contributed by atoms with Crippen LogP contribution in [0.3, 0.4) is 0 Å². The first-order valence-corrected chi connectivity index (χ1v) is 5.54. The molecule has 3 heterocycles. The van der Waals surface area contributed by atoms with Gasteiger partial charge >= 0.3 is 0 Å². The number of ether oxygens (including phenoxy) is 1. The van der Waals surface area contributed by atoms with Crippen LogP contribution in [0.4, 0.5) is 0 Å². The van der Waals surface area contributed by atoms with E-state index in [2.05, 4.69) is 9.97 Å². The Kier molecular flexibility index (Phi) is 2.34. The van der Waals surface area contributed by atoms with Gasteiger partial charge in [-0.25, -0.2) is 0 Å². The van der Waals surface area contributed by atoms with E-state index < -0.39 is 17.6 Å². The van der Waals surface area contributed by atoms with E-state index in [1.807, 2.05) is 6.07 Å². The topological polar surface area (TPSA) is 81.4 Å². The number of hydrogen-bond donors (Lipinski definition) is 1. The summed E-state index contributed by atoms with van der Waals surface area (Å²) in [6, 6.07) is 8.96. The average molecular weight is 241 g/mol. The number of carbonyl (C=O) groups excluding carboxylic acids is 1. The van der Waals surface area contributed by atoms with Gasteiger partial charge in [0.05, 0.1) is 5.69 Å². The van der Waals surface area contributed by atoms with Gasteiger partial charge in [-0.3, -0.25) is 14.8 Å². The minimum Gasteiger partial charge on any atom is -0.367 e. The molecule has 3 rings (SSSR count). The van der Waals surface area contributed by atoms with E-state index in [0.717, 1.165) is 5.56 Å². The first-order valence-electron chi connectivity index (χ1n) is 5.54. The van der Waals surface area contributed by atoms with E-state index in [1.54, 1.807) is 42.9 Å². The SMILES string of the molecule is NC(=O)C1(c2ccccn2)OC1c1cccnc1. The first kappa shape index (κ1) is 10.9. The zero-order valence-electron chi connectivity index (χ0n) is 9.48. The highest BCUT2D eigenvalue weighted by atomic mass is 16.6. The molecule has 5 heteroatoms. The summed E-state index contributed by atoms with van der Waals surface area (Å²) >= 11 is 0. The Morgan fingerprint density at radius 1 is 1.28 bits per heavy atom. The third-order valence-corrected chi connectivity index (χ3v) is 3.01. The summed E-state index contributed by atoms with van der Waals surface area (Å²) in [4.78, 5) is 19.9. The van der Waals surface area contributed by atoms with Crippen molar-refractivity contribution < 1.29 is 9.53 Å². The van der Waals surface area contributed by atoms with Crippen molar-refractivity contribution in [3.8, 4) is 0 Å². The summed E-state index contributed by atoms with van der Waals surface area (Å²) in [6.07, 6.45) is 4.54. The minimum atomic E-state index is -1.15. The number of carbonyl (C=O) groups is 1. The summed E-state index contributed by atoms with van der Waals surface area (Å²) in [5.74, 6) is -0.532. The number of nitrogens with two attached hydrogens (primary N) is 1. The fraction of sp³-hybridized carbons (Fsp3) is 0.154. The highest BCUT2D eigenvalue weighted by Crippen LogP contribution is 2.55. The third kappa shape index (κ3) is 1.48. The van der Waals surface area contributed by atoms with Gasteiger partial charge in [0.2, 0.25) is 5.60 Å². The molecular formula is C13H11N3O2. The van der Waals surface area contributed by atoms with E-state index in [-0.39, 0.29) is 0 Å². The van der Waals surface area contributed by atoms with Crippen molar-refractivity contribution in [3.05, 3.63) is 60.2 Å². The largest absolute Gasteiger partial charge is 0.367 e. The molecule has 1 aliphatic rings. The zero-order chi connectivity index (χ0) is 12.6. The smallest absolute Gasteiger partial charge is 0.259 e. The number of pyridine rings is 2. The third-order valence-electron chi connectivity index (χ3n) is 3.01. The lowest BCUT2D eigenvalue weighted by molar-refractivity contribution is -0.123. The molecule has 2 atom stereocenters. The maximum Gasteiger partial charge on any atom is 0.259 e. The predicted octanol–water partition coefficient (Wildman–Crippen LogP) is 0.929. The van der Waals surface area contributed by atoms with Crippen molar-refractivity contribution in [3.63, 3.8) is 0 Å². The molecule has 1 fully saturated rings. The van der Waals surface area contributed by atoms with Gasteiger partial charge in [-0.2, -0.15) is 0 Å². The van der Waals surface area contributed by atoms with Crippen LogP contribution in [0.2, 0.25) is 0 Å². The molecule has 0 aromatic carbocycles. The molecule has 1 amide bonds. The quantitative estimate of drug-likeness (QED) is 0.810. The monoisotopic (exact) mass is 241 g/mol. The summed E-state index contributed by atoms with van der Waals surface area (Å²) in [5.41, 5.74) is 5.67. The van der Waals surface area contributed by atoms with E-state index in [9.17, 15) is 4.79 Å². The Hall–Kier alpha value is -2.27. The van der Waals surface area contributed by atoms with E-state index in [1.165, 1.54) is 0 Å². The molecule has 18 heavy (non-hydrogen) atoms. The standard InChI is InChI=1S/C13H11N3O2/c14-12(17)13(10-5-1-2-7-16-10)11(18-13)9-4-3-6-15-8-9/h1-8,11H,(H2,14,17). The number of hydrogen-bond acceptors (Lipinski definition) is 4. The molecular weight excluding hydrogens is 230 g/mol. The van der Waals surface area contributed by atoms with Gasteiger partial charge in [0.1, 0.15) is 6.10 Å². The minimum absolute atomic E-state index is 0.404. The van der Waals surface area contributed by atoms with Gasteiger partial charge in [-0.05, 0) is 18.2 Å². The molecule has 0 saturated carbocycles. The Bertz CT molecular complexity index is 573. The van der Waals surface area contributed by atoms with Crippen molar-refractivity contribution in [1.82, 2.24) is 9.97 Å². The zero-order valence-corrected chi connectivity index (χ0v) is 9.48. The molecule has 0 radical (unpaired) electrons. The summed E-state index contributed by atoms with van der Waals surface area (Å²) in [7, 11) is 0. The van der Waals surface area contributed by atoms with Crippen molar-refractivity contribution in [2.45, 2.75) is 11.7 Å². The van der Waals surface area contributed by atoms with E-state index in [4.69, 9.17) is 10.5 Å². The number of amides is 1. The predicted molar refractivity (Wildman–Crippen MR) is 63.2 cm³/mol. The van der Waals surface area contributed by atoms with Gasteiger partial charge in [-0.1, -0.05) is 12.1 Å². The van der Waals surface area contributed by atoms with Crippen molar-refractivity contribution in [1.29, 1.82) is 0 Å². The molecule has 1 aliphatic heterocycles. The number of nitrogens with zero attached hydrogens (tertiary/aromatic N) is 2. The van der Waals surface area contributed by atoms with E-state index in [0.29, 0.717) is 5.69 Å². The van der Waals surface area contributed by atoms with Gasteiger partial charge in [0.15, 0.2) is 0 Å². The number of primary amides is 1. The summed E-state index contributed by atoms with van der Waals surface area (Å²) in [6.45, 7) is 0. The van der Waals surface area contributed by atoms with Crippen LogP contribution in [0.1, 0.15) is 17.4 Å². The molecule has 0 spiro atoms. The highest BCUT2D eigenvalue weighted by molar-refractivity contribution is 5.88. The maximum absolute atomic E-state index is 11.7. The lowest BCUT2D eigenvalue weighted by Crippen LogP contribution is -2.31. The van der Waals surface area contributed by atoms with Gasteiger partial charge in [0, 0.05) is 24.2 Å². The van der Waals surface area contributed by atoms with Crippen LogP contribution < -0.4 is 5.73 Å². The normalized spacial score (nSPS) is 25.7. The van der Waals surface area contributed by atoms with Crippen LogP contribution >= 0.6 is 0 Å². The molecule has 2 aromatic rings. The Morgan fingerprint density at radius 3 is 2.78 bits per heavy atom. The molecule has 90 valence electrons. The van der Waals surface area contributed by atoms with Gasteiger partial charge in [-0.15, -0.1) is 0 Å². The van der Waals surface area contributed by atoms with Crippen LogP contribution in [-0.4, -0.2) is 15.9 Å². The summed E-state index contributed by atoms with van der Waals surface area (Å²) in [5, 5.41) is 0. The average Bonchev–Trinajstić information content (AvgIpc) is 3.18. The van der Waals surface area contributed by atoms with Gasteiger partial charge in [0.25, 0.3) is 5.91 Å². The molecule has 2 N–H and O–H groups in total. The van der Waals surface area contributed by atoms with Gasteiger partial charge < -0.3 is 10.5 Å². The number of epoxide rings is 1. The molecule has 1 saturated heterocycles. The van der Waals surface area contributed by atoms with Crippen LogP contribution in [0.15, 0.2) is 48.9 Å². The molecule has 0 aliphatic carbocycles. The fourth-order valence-corrected chi connectivity index (χ4v) is 2.08. The van der Waals surface area contributed by atoms with Crippen LogP contribution in [0, 0.1) is 0 Å². The second-order valence-corrected chi connectivity index (χ2v) is 4.10. The van der Waals surface area contributed by atoms with Crippen molar-refractivity contribution in [2.24, 2.45) is 5.73 Å². The van der Waals surface area contributed by atoms with E-state index >= 15 is 0 Å². The Balaban J connectivity index is 2.01. The lowest BCUT2D eigenvalue weighted by atomic mass is 9.96. The molecule has 2 aromatic heterocycles. The second kappa shape index (κ2) is 3.89. The maximum atomic E-state index is 11.7. The van der Waals surface area contributed by atoms with Crippen LogP contribution in [0.25, 0.3) is 0 Å².